The van der Waals surface area contributed by atoms with E-state index in [9.17, 15) is 9.50 Å². The summed E-state index contributed by atoms with van der Waals surface area (Å²) in [6.07, 6.45) is 0.199. The second kappa shape index (κ2) is 7.46. The summed E-state index contributed by atoms with van der Waals surface area (Å²) in [6, 6.07) is 6.64. The number of halogens is 1. The molecule has 0 spiro atoms. The maximum absolute atomic E-state index is 13.4. The lowest BCUT2D eigenvalue weighted by Crippen LogP contribution is -2.33. The Hall–Kier alpha value is -0.970. The summed E-state index contributed by atoms with van der Waals surface area (Å²) in [6.45, 7) is 3.43. The third-order valence-electron chi connectivity index (χ3n) is 2.93. The van der Waals surface area contributed by atoms with Crippen LogP contribution in [-0.2, 0) is 0 Å². The zero-order valence-corrected chi connectivity index (χ0v) is 11.4. The van der Waals surface area contributed by atoms with Crippen LogP contribution >= 0.6 is 0 Å². The van der Waals surface area contributed by atoms with E-state index in [0.29, 0.717) is 18.2 Å². The largest absolute Gasteiger partial charge is 0.387 e. The fourth-order valence-electron chi connectivity index (χ4n) is 1.72. The molecule has 102 valence electrons. The van der Waals surface area contributed by atoms with E-state index in [2.05, 4.69) is 17.1 Å². The SMILES string of the molecule is CC(CCN(C)C)NCC(O)c1ccccc1F. The number of aliphatic hydroxyl groups excluding tert-OH is 1. The van der Waals surface area contributed by atoms with Crippen LogP contribution in [0.2, 0.25) is 0 Å². The lowest BCUT2D eigenvalue weighted by atomic mass is 10.1. The van der Waals surface area contributed by atoms with Crippen molar-refractivity contribution in [1.29, 1.82) is 0 Å². The van der Waals surface area contributed by atoms with Crippen molar-refractivity contribution in [3.8, 4) is 0 Å². The van der Waals surface area contributed by atoms with Crippen LogP contribution in [0.4, 0.5) is 4.39 Å². The minimum absolute atomic E-state index is 0.300. The highest BCUT2D eigenvalue weighted by Crippen LogP contribution is 2.15. The van der Waals surface area contributed by atoms with E-state index in [4.69, 9.17) is 0 Å². The van der Waals surface area contributed by atoms with E-state index in [0.717, 1.165) is 13.0 Å². The van der Waals surface area contributed by atoms with Crippen molar-refractivity contribution < 1.29 is 9.50 Å². The van der Waals surface area contributed by atoms with Gasteiger partial charge in [0.25, 0.3) is 0 Å². The van der Waals surface area contributed by atoms with Crippen LogP contribution in [0.5, 0.6) is 0 Å². The van der Waals surface area contributed by atoms with Gasteiger partial charge in [-0.3, -0.25) is 0 Å². The molecule has 0 saturated heterocycles. The van der Waals surface area contributed by atoms with Crippen molar-refractivity contribution in [2.75, 3.05) is 27.2 Å². The normalized spacial score (nSPS) is 14.8. The van der Waals surface area contributed by atoms with Crippen LogP contribution in [0.1, 0.15) is 25.0 Å². The first-order valence-corrected chi connectivity index (χ1v) is 6.31. The van der Waals surface area contributed by atoms with E-state index in [-0.39, 0.29) is 5.82 Å². The molecule has 0 saturated carbocycles. The van der Waals surface area contributed by atoms with Gasteiger partial charge in [-0.2, -0.15) is 0 Å². The van der Waals surface area contributed by atoms with Crippen LogP contribution in [0.3, 0.4) is 0 Å². The summed E-state index contributed by atoms with van der Waals surface area (Å²) in [4.78, 5) is 2.12. The monoisotopic (exact) mass is 254 g/mol. The van der Waals surface area contributed by atoms with E-state index in [1.807, 2.05) is 14.1 Å². The fraction of sp³-hybridized carbons (Fsp3) is 0.571. The van der Waals surface area contributed by atoms with Gasteiger partial charge in [0.15, 0.2) is 0 Å². The van der Waals surface area contributed by atoms with Gasteiger partial charge in [0.2, 0.25) is 0 Å². The molecule has 0 aliphatic carbocycles. The smallest absolute Gasteiger partial charge is 0.129 e. The average Bonchev–Trinajstić information content (AvgIpc) is 2.34. The van der Waals surface area contributed by atoms with Crippen molar-refractivity contribution in [1.82, 2.24) is 10.2 Å². The van der Waals surface area contributed by atoms with Gasteiger partial charge < -0.3 is 15.3 Å². The quantitative estimate of drug-likeness (QED) is 0.778. The Balaban J connectivity index is 2.37. The predicted molar refractivity (Wildman–Crippen MR) is 72.0 cm³/mol. The van der Waals surface area contributed by atoms with Crippen LogP contribution in [0.15, 0.2) is 24.3 Å². The van der Waals surface area contributed by atoms with E-state index < -0.39 is 6.10 Å². The first-order valence-electron chi connectivity index (χ1n) is 6.31. The first kappa shape index (κ1) is 15.1. The second-order valence-corrected chi connectivity index (χ2v) is 4.94. The Kier molecular flexibility index (Phi) is 6.25. The molecular weight excluding hydrogens is 231 g/mol. The molecule has 1 aromatic carbocycles. The topological polar surface area (TPSA) is 35.5 Å². The molecule has 0 bridgehead atoms. The molecule has 1 rings (SSSR count). The Morgan fingerprint density at radius 2 is 2.00 bits per heavy atom. The van der Waals surface area contributed by atoms with Gasteiger partial charge in [-0.15, -0.1) is 0 Å². The molecule has 0 radical (unpaired) electrons. The van der Waals surface area contributed by atoms with Crippen LogP contribution < -0.4 is 5.32 Å². The number of nitrogens with zero attached hydrogens (tertiary/aromatic N) is 1. The van der Waals surface area contributed by atoms with E-state index in [1.165, 1.54) is 6.07 Å². The molecule has 2 unspecified atom stereocenters. The Bertz CT molecular complexity index is 357. The van der Waals surface area contributed by atoms with E-state index >= 15 is 0 Å². The van der Waals surface area contributed by atoms with Gasteiger partial charge in [0.1, 0.15) is 5.82 Å². The summed E-state index contributed by atoms with van der Waals surface area (Å²) in [5.74, 6) is -0.354. The summed E-state index contributed by atoms with van der Waals surface area (Å²) < 4.78 is 13.4. The summed E-state index contributed by atoms with van der Waals surface area (Å²) in [7, 11) is 4.06. The highest BCUT2D eigenvalue weighted by molar-refractivity contribution is 5.19. The third-order valence-corrected chi connectivity index (χ3v) is 2.93. The molecule has 0 aromatic heterocycles. The summed E-state index contributed by atoms with van der Waals surface area (Å²) in [5, 5.41) is 13.1. The van der Waals surface area contributed by atoms with Gasteiger partial charge in [-0.25, -0.2) is 4.39 Å². The van der Waals surface area contributed by atoms with Gasteiger partial charge >= 0.3 is 0 Å². The molecule has 0 fully saturated rings. The lowest BCUT2D eigenvalue weighted by molar-refractivity contribution is 0.164. The summed E-state index contributed by atoms with van der Waals surface area (Å²) in [5.41, 5.74) is 0.352. The third kappa shape index (κ3) is 5.12. The molecule has 0 aliphatic heterocycles. The molecule has 2 N–H and O–H groups in total. The number of benzene rings is 1. The number of rotatable bonds is 7. The average molecular weight is 254 g/mol. The van der Waals surface area contributed by atoms with Crippen molar-refractivity contribution in [3.05, 3.63) is 35.6 Å². The molecule has 3 nitrogen and oxygen atoms in total. The predicted octanol–water partition coefficient (Wildman–Crippen LogP) is 1.79. The molecule has 0 amide bonds. The van der Waals surface area contributed by atoms with E-state index in [1.54, 1.807) is 18.2 Å². The minimum atomic E-state index is -0.798. The van der Waals surface area contributed by atoms with Crippen molar-refractivity contribution in [2.45, 2.75) is 25.5 Å². The Morgan fingerprint density at radius 1 is 1.33 bits per heavy atom. The number of hydrogen-bond acceptors (Lipinski definition) is 3. The molecule has 4 heteroatoms. The van der Waals surface area contributed by atoms with Crippen LogP contribution in [0.25, 0.3) is 0 Å². The van der Waals surface area contributed by atoms with Crippen molar-refractivity contribution in [3.63, 3.8) is 0 Å². The first-order chi connectivity index (χ1) is 8.50. The Morgan fingerprint density at radius 3 is 2.61 bits per heavy atom. The molecular formula is C14H23FN2O. The number of nitrogens with one attached hydrogen (secondary N) is 1. The maximum Gasteiger partial charge on any atom is 0.129 e. The molecule has 18 heavy (non-hydrogen) atoms. The molecule has 2 atom stereocenters. The van der Waals surface area contributed by atoms with Crippen molar-refractivity contribution >= 4 is 0 Å². The molecule has 1 aromatic rings. The van der Waals surface area contributed by atoms with Gasteiger partial charge in [0, 0.05) is 18.2 Å². The zero-order valence-electron chi connectivity index (χ0n) is 11.4. The second-order valence-electron chi connectivity index (χ2n) is 4.94. The van der Waals surface area contributed by atoms with Crippen molar-refractivity contribution in [2.24, 2.45) is 0 Å². The minimum Gasteiger partial charge on any atom is -0.387 e. The fourth-order valence-corrected chi connectivity index (χ4v) is 1.72. The standard InChI is InChI=1S/C14H23FN2O/c1-11(8-9-17(2)3)16-10-14(18)12-6-4-5-7-13(12)15/h4-7,11,14,16,18H,8-10H2,1-3H3. The zero-order chi connectivity index (χ0) is 13.5. The van der Waals surface area contributed by atoms with Crippen LogP contribution in [0, 0.1) is 5.82 Å². The highest BCUT2D eigenvalue weighted by atomic mass is 19.1. The van der Waals surface area contributed by atoms with Gasteiger partial charge in [0.05, 0.1) is 6.10 Å². The summed E-state index contributed by atoms with van der Waals surface area (Å²) >= 11 is 0. The molecule has 0 aliphatic rings. The highest BCUT2D eigenvalue weighted by Gasteiger charge is 2.13. The Labute approximate surface area is 109 Å². The maximum atomic E-state index is 13.4. The number of hydrogen-bond donors (Lipinski definition) is 2. The molecule has 0 heterocycles. The van der Waals surface area contributed by atoms with Crippen LogP contribution in [-0.4, -0.2) is 43.2 Å². The lowest BCUT2D eigenvalue weighted by Gasteiger charge is -2.19. The van der Waals surface area contributed by atoms with Gasteiger partial charge in [-0.1, -0.05) is 18.2 Å². The van der Waals surface area contributed by atoms with Gasteiger partial charge in [-0.05, 0) is 40.1 Å². The number of aliphatic hydroxyl groups is 1.